The van der Waals surface area contributed by atoms with E-state index < -0.39 is 129 Å². The summed E-state index contributed by atoms with van der Waals surface area (Å²) in [5.74, 6) is -0.943. The third-order valence-electron chi connectivity index (χ3n) is 18.1. The van der Waals surface area contributed by atoms with Crippen LogP contribution in [0.3, 0.4) is 0 Å². The smallest absolute Gasteiger partial charge is 0.187 e. The van der Waals surface area contributed by atoms with Crippen LogP contribution in [0.5, 0.6) is 0 Å². The second kappa shape index (κ2) is 19.4. The Morgan fingerprint density at radius 3 is 1.86 bits per heavy atom. The lowest BCUT2D eigenvalue weighted by atomic mass is 9.43. The molecule has 4 aliphatic heterocycles. The van der Waals surface area contributed by atoms with Crippen LogP contribution in [0.15, 0.2) is 0 Å². The highest BCUT2D eigenvalue weighted by Gasteiger charge is 2.71. The number of aliphatic hydroxyl groups is 13. The van der Waals surface area contributed by atoms with Crippen molar-refractivity contribution in [3.05, 3.63) is 0 Å². The fourth-order valence-corrected chi connectivity index (χ4v) is 14.1. The monoisotopic (exact) mass is 936 g/mol. The van der Waals surface area contributed by atoms with Gasteiger partial charge in [-0.25, -0.2) is 0 Å². The average Bonchev–Trinajstić information content (AvgIpc) is 3.73. The zero-order valence-electron chi connectivity index (χ0n) is 37.8. The lowest BCUT2D eigenvalue weighted by Gasteiger charge is -2.62. The predicted molar refractivity (Wildman–Crippen MR) is 220 cm³/mol. The van der Waals surface area contributed by atoms with Crippen molar-refractivity contribution in [2.75, 3.05) is 26.4 Å². The van der Waals surface area contributed by atoms with Gasteiger partial charge in [-0.05, 0) is 86.4 Å². The first-order valence-electron chi connectivity index (χ1n) is 24.0. The van der Waals surface area contributed by atoms with Gasteiger partial charge in [-0.1, -0.05) is 27.7 Å². The first-order valence-corrected chi connectivity index (χ1v) is 24.0. The predicted octanol–water partition coefficient (Wildman–Crippen LogP) is -2.81. The van der Waals surface area contributed by atoms with E-state index in [-0.39, 0.29) is 59.7 Å². The fourth-order valence-electron chi connectivity index (χ4n) is 14.1. The summed E-state index contributed by atoms with van der Waals surface area (Å²) in [6, 6.07) is 0. The Labute approximate surface area is 379 Å². The van der Waals surface area contributed by atoms with Gasteiger partial charge in [-0.3, -0.25) is 0 Å². The molecule has 4 aliphatic carbocycles. The highest BCUT2D eigenvalue weighted by molar-refractivity contribution is 5.17. The summed E-state index contributed by atoms with van der Waals surface area (Å²) in [5.41, 5.74) is -0.618. The zero-order chi connectivity index (χ0) is 47.1. The van der Waals surface area contributed by atoms with Crippen molar-refractivity contribution < 1.29 is 99.5 Å². The van der Waals surface area contributed by atoms with Crippen molar-refractivity contribution in [2.45, 2.75) is 202 Å². The summed E-state index contributed by atoms with van der Waals surface area (Å²) in [5, 5.41) is 137. The molecule has 65 heavy (non-hydrogen) atoms. The molecule has 0 spiro atoms. The quantitative estimate of drug-likeness (QED) is 0.0829. The van der Waals surface area contributed by atoms with Gasteiger partial charge in [0.05, 0.1) is 44.7 Å². The van der Waals surface area contributed by atoms with Crippen LogP contribution in [0.4, 0.5) is 0 Å². The van der Waals surface area contributed by atoms with Gasteiger partial charge < -0.3 is 99.5 Å². The van der Waals surface area contributed by atoms with Crippen LogP contribution < -0.4 is 0 Å². The van der Waals surface area contributed by atoms with E-state index in [1.54, 1.807) is 0 Å². The lowest BCUT2D eigenvalue weighted by Crippen LogP contribution is -2.65. The van der Waals surface area contributed by atoms with Crippen LogP contribution in [0, 0.1) is 52.3 Å². The van der Waals surface area contributed by atoms with Crippen molar-refractivity contribution in [3.8, 4) is 0 Å². The standard InChI is InChI=1S/C45H76O20/c1-18(17-59-40-37(56)34(53)31(50)26(14-46)61-40)7-10-45(58)19(2)30-25(65-45)12-24-22-6-5-20-11-21(8-9-43(20,3)23(22)13-29(49)44(24,30)4)60-42-39(36(55)33(52)28(16-48)63-42)64-41-38(57)35(54)32(51)27(15-47)62-41/h18-42,46-58H,5-17H2,1-4H3/t18-,19+,20+,21+,22-,23+,24+,25+,26-,27-,28-,29+,30+,31-,32-,33+,34+,35+,36+,37-,38-,39-,40-,41+,42-,43+,44-,45+/m1/s1. The molecule has 0 amide bonds. The Morgan fingerprint density at radius 2 is 1.23 bits per heavy atom. The van der Waals surface area contributed by atoms with Crippen molar-refractivity contribution in [2.24, 2.45) is 52.3 Å². The van der Waals surface area contributed by atoms with Gasteiger partial charge in [0.15, 0.2) is 24.7 Å². The summed E-state index contributed by atoms with van der Waals surface area (Å²) < 4.78 is 41.8. The van der Waals surface area contributed by atoms with E-state index >= 15 is 0 Å². The van der Waals surface area contributed by atoms with E-state index in [0.29, 0.717) is 38.0 Å². The van der Waals surface area contributed by atoms with E-state index in [9.17, 15) is 66.4 Å². The van der Waals surface area contributed by atoms with E-state index in [0.717, 1.165) is 25.7 Å². The third kappa shape index (κ3) is 8.78. The number of rotatable bonds is 13. The first kappa shape index (κ1) is 50.6. The van der Waals surface area contributed by atoms with Gasteiger partial charge >= 0.3 is 0 Å². The molecule has 4 heterocycles. The molecule has 0 aromatic carbocycles. The minimum atomic E-state index is -1.77. The van der Waals surface area contributed by atoms with Crippen LogP contribution in [-0.4, -0.2) is 209 Å². The van der Waals surface area contributed by atoms with Crippen LogP contribution in [0.25, 0.3) is 0 Å². The summed E-state index contributed by atoms with van der Waals surface area (Å²) in [6.45, 7) is 6.70. The van der Waals surface area contributed by atoms with Crippen LogP contribution in [0.2, 0.25) is 0 Å². The molecule has 4 saturated heterocycles. The maximum atomic E-state index is 12.3. The number of aliphatic hydroxyl groups excluding tert-OH is 12. The van der Waals surface area contributed by atoms with E-state index in [1.807, 2.05) is 13.8 Å². The normalized spacial score (nSPS) is 56.1. The molecule has 0 radical (unpaired) electrons. The summed E-state index contributed by atoms with van der Waals surface area (Å²) in [6.07, 6.45) is -17.3. The SMILES string of the molecule is C[C@H](CC[C@]1(O)O[C@H]2C[C@H]3[C@@H]4CC[C@H]5C[C@@H](O[C@@H]6O[C@H](CO)[C@H](O)[C@H](O)[C@H]6O[C@@H]6O[C@H](CO)[C@@H](O)[C@H](O)[C@H]6O)CC[C@]5(C)[C@H]4C[C@H](O)[C@]3(C)[C@H]2[C@@H]1C)CO[C@@H]1O[C@H](CO)[C@@H](O)[C@H](O)[C@H]1O. The molecule has 20 nitrogen and oxygen atoms in total. The molecule has 8 aliphatic rings. The third-order valence-corrected chi connectivity index (χ3v) is 18.1. The van der Waals surface area contributed by atoms with Gasteiger partial charge in [-0.2, -0.15) is 0 Å². The molecule has 28 atom stereocenters. The molecule has 0 aromatic rings. The molecule has 376 valence electrons. The van der Waals surface area contributed by atoms with Gasteiger partial charge in [-0.15, -0.1) is 0 Å². The Kier molecular flexibility index (Phi) is 15.1. The number of hydrogen-bond acceptors (Lipinski definition) is 20. The topological polar surface area (TPSA) is 328 Å². The van der Waals surface area contributed by atoms with Crippen LogP contribution in [-0.2, 0) is 33.2 Å². The lowest BCUT2D eigenvalue weighted by molar-refractivity contribution is -0.373. The first-order chi connectivity index (χ1) is 30.7. The van der Waals surface area contributed by atoms with Crippen LogP contribution in [0.1, 0.15) is 85.5 Å². The number of hydrogen-bond donors (Lipinski definition) is 13. The number of ether oxygens (including phenoxy) is 7. The van der Waals surface area contributed by atoms with E-state index in [2.05, 4.69) is 13.8 Å². The van der Waals surface area contributed by atoms with Crippen molar-refractivity contribution >= 4 is 0 Å². The van der Waals surface area contributed by atoms with E-state index in [1.165, 1.54) is 0 Å². The molecule has 0 bridgehead atoms. The van der Waals surface area contributed by atoms with Crippen molar-refractivity contribution in [1.29, 1.82) is 0 Å². The fraction of sp³-hybridized carbons (Fsp3) is 1.00. The van der Waals surface area contributed by atoms with Gasteiger partial charge in [0, 0.05) is 23.7 Å². The molecule has 20 heteroatoms. The Morgan fingerprint density at radius 1 is 0.646 bits per heavy atom. The van der Waals surface area contributed by atoms with Gasteiger partial charge in [0.2, 0.25) is 0 Å². The van der Waals surface area contributed by atoms with Crippen molar-refractivity contribution in [1.82, 2.24) is 0 Å². The molecule has 0 aromatic heterocycles. The molecule has 4 saturated carbocycles. The molecular formula is C45H76O20. The highest BCUT2D eigenvalue weighted by Crippen LogP contribution is 2.71. The van der Waals surface area contributed by atoms with Crippen LogP contribution >= 0.6 is 0 Å². The van der Waals surface area contributed by atoms with Gasteiger partial charge in [0.1, 0.15) is 73.2 Å². The Bertz CT molecular complexity index is 1600. The number of fused-ring (bicyclic) bond motifs is 7. The zero-order valence-corrected chi connectivity index (χ0v) is 37.8. The summed E-state index contributed by atoms with van der Waals surface area (Å²) in [4.78, 5) is 0. The molecular weight excluding hydrogens is 860 g/mol. The summed E-state index contributed by atoms with van der Waals surface area (Å²) >= 11 is 0. The minimum Gasteiger partial charge on any atom is -0.394 e. The molecule has 8 fully saturated rings. The highest BCUT2D eigenvalue weighted by atomic mass is 16.8. The minimum absolute atomic E-state index is 0.0750. The van der Waals surface area contributed by atoms with Gasteiger partial charge in [0.25, 0.3) is 0 Å². The Hall–Kier alpha value is -0.800. The summed E-state index contributed by atoms with van der Waals surface area (Å²) in [7, 11) is 0. The molecule has 8 rings (SSSR count). The second-order valence-electron chi connectivity index (χ2n) is 21.5. The largest absolute Gasteiger partial charge is 0.394 e. The maximum absolute atomic E-state index is 12.3. The second-order valence-corrected chi connectivity index (χ2v) is 21.5. The van der Waals surface area contributed by atoms with E-state index in [4.69, 9.17) is 33.2 Å². The average molecular weight is 937 g/mol. The molecule has 0 unspecified atom stereocenters. The maximum Gasteiger partial charge on any atom is 0.187 e. The Balaban J connectivity index is 0.886. The molecule has 13 N–H and O–H groups in total. The van der Waals surface area contributed by atoms with Crippen molar-refractivity contribution in [3.63, 3.8) is 0 Å².